The van der Waals surface area contributed by atoms with Gasteiger partial charge in [-0.25, -0.2) is 8.78 Å². The summed E-state index contributed by atoms with van der Waals surface area (Å²) in [5, 5.41) is 3.85. The molecule has 0 bridgehead atoms. The molecule has 1 atom stereocenters. The van der Waals surface area contributed by atoms with E-state index in [9.17, 15) is 8.78 Å². The number of furan rings is 1. The number of rotatable bonds is 3. The number of aryl methyl sites for hydroxylation is 1. The van der Waals surface area contributed by atoms with Gasteiger partial charge in [0.15, 0.2) is 11.4 Å². The normalized spacial score (nSPS) is 12.8. The van der Waals surface area contributed by atoms with E-state index in [1.807, 2.05) is 13.0 Å². The van der Waals surface area contributed by atoms with Gasteiger partial charge in [-0.1, -0.05) is 18.2 Å². The number of hydrogen-bond acceptors (Lipinski definition) is 2. The summed E-state index contributed by atoms with van der Waals surface area (Å²) in [6.07, 6.45) is 0. The van der Waals surface area contributed by atoms with Crippen molar-refractivity contribution < 1.29 is 13.2 Å². The van der Waals surface area contributed by atoms with Crippen molar-refractivity contribution in [3.05, 3.63) is 71.0 Å². The van der Waals surface area contributed by atoms with Gasteiger partial charge in [0.25, 0.3) is 0 Å². The minimum atomic E-state index is -0.385. The highest BCUT2D eigenvalue weighted by Gasteiger charge is 2.19. The van der Waals surface area contributed by atoms with Gasteiger partial charge in [-0.15, -0.1) is 0 Å². The van der Waals surface area contributed by atoms with Crippen LogP contribution < -0.4 is 5.32 Å². The molecule has 1 unspecified atom stereocenters. The van der Waals surface area contributed by atoms with Crippen molar-refractivity contribution in [1.29, 1.82) is 0 Å². The van der Waals surface area contributed by atoms with Crippen molar-refractivity contribution in [3.8, 4) is 0 Å². The highest BCUT2D eigenvalue weighted by atomic mass is 19.1. The fourth-order valence-corrected chi connectivity index (χ4v) is 2.60. The van der Waals surface area contributed by atoms with Crippen molar-refractivity contribution in [2.24, 2.45) is 0 Å². The number of nitrogens with one attached hydrogen (secondary N) is 1. The summed E-state index contributed by atoms with van der Waals surface area (Å²) >= 11 is 0. The largest absolute Gasteiger partial charge is 0.456 e. The molecule has 0 aliphatic rings. The van der Waals surface area contributed by atoms with Crippen LogP contribution in [0.4, 0.5) is 8.78 Å². The van der Waals surface area contributed by atoms with Crippen LogP contribution in [0, 0.1) is 18.6 Å². The molecule has 0 saturated heterocycles. The Morgan fingerprint density at radius 1 is 1.10 bits per heavy atom. The first-order valence-electron chi connectivity index (χ1n) is 6.71. The molecule has 21 heavy (non-hydrogen) atoms. The molecule has 0 spiro atoms. The zero-order valence-electron chi connectivity index (χ0n) is 11.8. The second-order valence-electron chi connectivity index (χ2n) is 5.03. The Morgan fingerprint density at radius 2 is 1.90 bits per heavy atom. The van der Waals surface area contributed by atoms with E-state index in [1.54, 1.807) is 25.2 Å². The number of halogens is 2. The molecule has 108 valence electrons. The fourth-order valence-electron chi connectivity index (χ4n) is 2.60. The Bertz CT molecular complexity index is 795. The summed E-state index contributed by atoms with van der Waals surface area (Å²) < 4.78 is 32.6. The van der Waals surface area contributed by atoms with E-state index in [-0.39, 0.29) is 23.3 Å². The van der Waals surface area contributed by atoms with E-state index in [2.05, 4.69) is 5.32 Å². The van der Waals surface area contributed by atoms with Crippen LogP contribution in [0.5, 0.6) is 0 Å². The fraction of sp³-hybridized carbons (Fsp3) is 0.176. The lowest BCUT2D eigenvalue weighted by atomic mass is 9.99. The molecule has 1 N–H and O–H groups in total. The van der Waals surface area contributed by atoms with Gasteiger partial charge in [0.1, 0.15) is 11.6 Å². The second kappa shape index (κ2) is 5.30. The zero-order chi connectivity index (χ0) is 15.0. The Kier molecular flexibility index (Phi) is 3.47. The van der Waals surface area contributed by atoms with Gasteiger partial charge < -0.3 is 9.73 Å². The lowest BCUT2D eigenvalue weighted by molar-refractivity contribution is 0.475. The zero-order valence-corrected chi connectivity index (χ0v) is 11.8. The van der Waals surface area contributed by atoms with E-state index < -0.39 is 0 Å². The van der Waals surface area contributed by atoms with Gasteiger partial charge in [0.2, 0.25) is 0 Å². The monoisotopic (exact) mass is 287 g/mol. The van der Waals surface area contributed by atoms with Gasteiger partial charge in [0.05, 0.1) is 6.04 Å². The summed E-state index contributed by atoms with van der Waals surface area (Å²) in [4.78, 5) is 0. The van der Waals surface area contributed by atoms with Gasteiger partial charge >= 0.3 is 0 Å². The molecule has 1 heterocycles. The third-order valence-electron chi connectivity index (χ3n) is 3.63. The Balaban J connectivity index is 2.11. The van der Waals surface area contributed by atoms with Crippen LogP contribution in [-0.4, -0.2) is 7.05 Å². The maximum absolute atomic E-state index is 13.7. The maximum Gasteiger partial charge on any atom is 0.169 e. The first-order chi connectivity index (χ1) is 10.1. The molecule has 3 aromatic rings. The van der Waals surface area contributed by atoms with Crippen molar-refractivity contribution in [2.45, 2.75) is 13.0 Å². The summed E-state index contributed by atoms with van der Waals surface area (Å²) in [5.74, 6) is -0.0570. The van der Waals surface area contributed by atoms with Gasteiger partial charge in [-0.3, -0.25) is 0 Å². The molecule has 1 aromatic heterocycles. The predicted molar refractivity (Wildman–Crippen MR) is 78.2 cm³/mol. The molecule has 4 heteroatoms. The molecule has 0 fully saturated rings. The summed E-state index contributed by atoms with van der Waals surface area (Å²) in [6, 6.07) is 11.0. The van der Waals surface area contributed by atoms with E-state index in [4.69, 9.17) is 4.42 Å². The maximum atomic E-state index is 13.7. The average Bonchev–Trinajstić information content (AvgIpc) is 2.87. The Hall–Kier alpha value is -2.20. The van der Waals surface area contributed by atoms with Crippen molar-refractivity contribution >= 4 is 11.0 Å². The van der Waals surface area contributed by atoms with Crippen molar-refractivity contribution in [2.75, 3.05) is 7.05 Å². The van der Waals surface area contributed by atoms with Crippen LogP contribution in [0.15, 0.2) is 46.9 Å². The van der Waals surface area contributed by atoms with Gasteiger partial charge in [0, 0.05) is 5.39 Å². The third kappa shape index (κ3) is 2.43. The standard InChI is InChI=1S/C17H15F2NO/c1-10-8-12(18)6-7-13(10)16(20-2)15-9-11-4-3-5-14(19)17(11)21-15/h3-9,16,20H,1-2H3. The number of fused-ring (bicyclic) bond motifs is 1. The third-order valence-corrected chi connectivity index (χ3v) is 3.63. The quantitative estimate of drug-likeness (QED) is 0.775. The minimum absolute atomic E-state index is 0.243. The molecule has 0 aliphatic carbocycles. The van der Waals surface area contributed by atoms with Crippen LogP contribution >= 0.6 is 0 Å². The lowest BCUT2D eigenvalue weighted by Gasteiger charge is -2.16. The average molecular weight is 287 g/mol. The molecule has 2 aromatic carbocycles. The van der Waals surface area contributed by atoms with E-state index in [1.165, 1.54) is 18.2 Å². The lowest BCUT2D eigenvalue weighted by Crippen LogP contribution is -2.18. The Labute approximate surface area is 121 Å². The van der Waals surface area contributed by atoms with Crippen LogP contribution in [0.25, 0.3) is 11.0 Å². The molecule has 0 aliphatic heterocycles. The first-order valence-corrected chi connectivity index (χ1v) is 6.71. The molecular weight excluding hydrogens is 272 g/mol. The first kappa shape index (κ1) is 13.8. The van der Waals surface area contributed by atoms with E-state index in [0.29, 0.717) is 11.1 Å². The highest BCUT2D eigenvalue weighted by molar-refractivity contribution is 5.78. The molecule has 2 nitrogen and oxygen atoms in total. The number of hydrogen-bond donors (Lipinski definition) is 1. The predicted octanol–water partition coefficient (Wildman–Crippen LogP) is 4.33. The molecule has 0 amide bonds. The SMILES string of the molecule is CNC(c1cc2cccc(F)c2o1)c1ccc(F)cc1C. The van der Waals surface area contributed by atoms with Crippen LogP contribution in [-0.2, 0) is 0 Å². The minimum Gasteiger partial charge on any atom is -0.456 e. The molecular formula is C17H15F2NO. The summed E-state index contributed by atoms with van der Waals surface area (Å²) in [6.45, 7) is 1.84. The van der Waals surface area contributed by atoms with Gasteiger partial charge in [-0.2, -0.15) is 0 Å². The summed E-state index contributed by atoms with van der Waals surface area (Å²) in [5.41, 5.74) is 1.96. The smallest absolute Gasteiger partial charge is 0.169 e. The van der Waals surface area contributed by atoms with Crippen molar-refractivity contribution in [1.82, 2.24) is 5.32 Å². The van der Waals surface area contributed by atoms with Gasteiger partial charge in [-0.05, 0) is 49.4 Å². The van der Waals surface area contributed by atoms with E-state index >= 15 is 0 Å². The second-order valence-corrected chi connectivity index (χ2v) is 5.03. The molecule has 3 rings (SSSR count). The molecule has 0 saturated carbocycles. The van der Waals surface area contributed by atoms with E-state index in [0.717, 1.165) is 11.1 Å². The summed E-state index contributed by atoms with van der Waals surface area (Å²) in [7, 11) is 1.79. The molecule has 0 radical (unpaired) electrons. The topological polar surface area (TPSA) is 25.2 Å². The van der Waals surface area contributed by atoms with Crippen LogP contribution in [0.1, 0.15) is 22.9 Å². The van der Waals surface area contributed by atoms with Crippen LogP contribution in [0.2, 0.25) is 0 Å². The Morgan fingerprint density at radius 3 is 2.57 bits per heavy atom. The highest BCUT2D eigenvalue weighted by Crippen LogP contribution is 2.31. The van der Waals surface area contributed by atoms with Crippen LogP contribution in [0.3, 0.4) is 0 Å². The number of para-hydroxylation sites is 1. The number of benzene rings is 2. The van der Waals surface area contributed by atoms with Crippen molar-refractivity contribution in [3.63, 3.8) is 0 Å².